The SMILES string of the molecule is C[C@@]1(C2CC2)NC(=O)N(CC(=O)Nc2cccc3cccnc23)C1=O. The first-order valence-electron chi connectivity index (χ1n) is 8.27. The van der Waals surface area contributed by atoms with Gasteiger partial charge in [0.2, 0.25) is 5.91 Å². The molecular weight excluding hydrogens is 320 g/mol. The summed E-state index contributed by atoms with van der Waals surface area (Å²) in [6.45, 7) is 1.42. The highest BCUT2D eigenvalue weighted by Gasteiger charge is 2.56. The third kappa shape index (κ3) is 2.61. The van der Waals surface area contributed by atoms with Crippen molar-refractivity contribution in [3.63, 3.8) is 0 Å². The Bertz CT molecular complexity index is 888. The number of nitrogens with zero attached hydrogens (tertiary/aromatic N) is 2. The third-order valence-electron chi connectivity index (χ3n) is 4.90. The number of anilines is 1. The van der Waals surface area contributed by atoms with E-state index < -0.39 is 17.5 Å². The number of fused-ring (bicyclic) bond motifs is 1. The molecule has 7 nitrogen and oxygen atoms in total. The van der Waals surface area contributed by atoms with Crippen LogP contribution < -0.4 is 10.6 Å². The Morgan fingerprint density at radius 1 is 1.32 bits per heavy atom. The quantitative estimate of drug-likeness (QED) is 0.833. The van der Waals surface area contributed by atoms with Gasteiger partial charge in [0.1, 0.15) is 12.1 Å². The van der Waals surface area contributed by atoms with E-state index in [9.17, 15) is 14.4 Å². The van der Waals surface area contributed by atoms with Crippen LogP contribution in [0.15, 0.2) is 36.5 Å². The Morgan fingerprint density at radius 2 is 2.08 bits per heavy atom. The number of urea groups is 1. The summed E-state index contributed by atoms with van der Waals surface area (Å²) in [5.41, 5.74) is 0.344. The van der Waals surface area contributed by atoms with Crippen molar-refractivity contribution in [3.8, 4) is 0 Å². The van der Waals surface area contributed by atoms with E-state index in [-0.39, 0.29) is 18.4 Å². The number of carbonyl (C=O) groups is 3. The predicted octanol–water partition coefficient (Wildman–Crippen LogP) is 1.89. The van der Waals surface area contributed by atoms with Crippen LogP contribution in [0.1, 0.15) is 19.8 Å². The molecule has 0 unspecified atom stereocenters. The number of para-hydroxylation sites is 1. The van der Waals surface area contributed by atoms with Crippen LogP contribution in [-0.4, -0.2) is 39.8 Å². The fourth-order valence-corrected chi connectivity index (χ4v) is 3.34. The maximum atomic E-state index is 12.6. The average molecular weight is 338 g/mol. The zero-order chi connectivity index (χ0) is 17.6. The van der Waals surface area contributed by atoms with Crippen molar-refractivity contribution in [3.05, 3.63) is 36.5 Å². The van der Waals surface area contributed by atoms with Crippen LogP contribution in [0.4, 0.5) is 10.5 Å². The van der Waals surface area contributed by atoms with E-state index in [1.807, 2.05) is 24.3 Å². The molecule has 1 aliphatic heterocycles. The second-order valence-electron chi connectivity index (χ2n) is 6.73. The second kappa shape index (κ2) is 5.54. The van der Waals surface area contributed by atoms with Gasteiger partial charge < -0.3 is 10.6 Å². The van der Waals surface area contributed by atoms with Gasteiger partial charge in [-0.25, -0.2) is 4.79 Å². The number of pyridine rings is 1. The van der Waals surface area contributed by atoms with Gasteiger partial charge in [-0.1, -0.05) is 18.2 Å². The normalized spacial score (nSPS) is 23.0. The van der Waals surface area contributed by atoms with Crippen LogP contribution in [0.3, 0.4) is 0 Å². The van der Waals surface area contributed by atoms with Gasteiger partial charge in [0.15, 0.2) is 0 Å². The summed E-state index contributed by atoms with van der Waals surface area (Å²) >= 11 is 0. The Morgan fingerprint density at radius 3 is 2.84 bits per heavy atom. The van der Waals surface area contributed by atoms with Crippen molar-refractivity contribution in [1.29, 1.82) is 0 Å². The van der Waals surface area contributed by atoms with Crippen molar-refractivity contribution in [2.75, 3.05) is 11.9 Å². The maximum absolute atomic E-state index is 12.6. The summed E-state index contributed by atoms with van der Waals surface area (Å²) in [7, 11) is 0. The molecule has 0 radical (unpaired) electrons. The second-order valence-corrected chi connectivity index (χ2v) is 6.73. The first-order valence-corrected chi connectivity index (χ1v) is 8.27. The number of hydrogen-bond acceptors (Lipinski definition) is 4. The summed E-state index contributed by atoms with van der Waals surface area (Å²) in [6, 6.07) is 8.67. The van der Waals surface area contributed by atoms with E-state index in [0.29, 0.717) is 11.2 Å². The molecule has 1 aromatic carbocycles. The van der Waals surface area contributed by atoms with Gasteiger partial charge in [0, 0.05) is 11.6 Å². The smallest absolute Gasteiger partial charge is 0.323 e. The Labute approximate surface area is 144 Å². The van der Waals surface area contributed by atoms with E-state index in [4.69, 9.17) is 0 Å². The van der Waals surface area contributed by atoms with Gasteiger partial charge in [0.05, 0.1) is 11.2 Å². The number of benzene rings is 1. The number of nitrogens with one attached hydrogen (secondary N) is 2. The van der Waals surface area contributed by atoms with Gasteiger partial charge >= 0.3 is 6.03 Å². The van der Waals surface area contributed by atoms with E-state index in [0.717, 1.165) is 23.1 Å². The Hall–Kier alpha value is -2.96. The highest BCUT2D eigenvalue weighted by Crippen LogP contribution is 2.42. The molecule has 0 spiro atoms. The van der Waals surface area contributed by atoms with Crippen molar-refractivity contribution >= 4 is 34.4 Å². The summed E-state index contributed by atoms with van der Waals surface area (Å²) < 4.78 is 0. The molecule has 1 atom stereocenters. The first kappa shape index (κ1) is 15.6. The molecule has 2 heterocycles. The molecule has 0 bridgehead atoms. The minimum Gasteiger partial charge on any atom is -0.323 e. The lowest BCUT2D eigenvalue weighted by Crippen LogP contribution is -2.46. The van der Waals surface area contributed by atoms with Gasteiger partial charge in [-0.2, -0.15) is 0 Å². The van der Waals surface area contributed by atoms with E-state index in [1.165, 1.54) is 0 Å². The summed E-state index contributed by atoms with van der Waals surface area (Å²) in [5, 5.41) is 6.39. The molecule has 128 valence electrons. The highest BCUT2D eigenvalue weighted by molar-refractivity contribution is 6.11. The van der Waals surface area contributed by atoms with Crippen LogP contribution in [0.5, 0.6) is 0 Å². The molecule has 1 aliphatic carbocycles. The molecule has 4 amide bonds. The molecule has 1 saturated heterocycles. The molecule has 7 heteroatoms. The van der Waals surface area contributed by atoms with E-state index >= 15 is 0 Å². The molecule has 2 aromatic rings. The molecule has 4 rings (SSSR count). The number of hydrogen-bond donors (Lipinski definition) is 2. The van der Waals surface area contributed by atoms with Crippen LogP contribution in [-0.2, 0) is 9.59 Å². The molecule has 25 heavy (non-hydrogen) atoms. The fourth-order valence-electron chi connectivity index (χ4n) is 3.34. The molecule has 1 saturated carbocycles. The topological polar surface area (TPSA) is 91.4 Å². The Kier molecular flexibility index (Phi) is 3.45. The monoisotopic (exact) mass is 338 g/mol. The van der Waals surface area contributed by atoms with Crippen molar-refractivity contribution in [2.24, 2.45) is 5.92 Å². The first-order chi connectivity index (χ1) is 12.0. The van der Waals surface area contributed by atoms with E-state index in [2.05, 4.69) is 15.6 Å². The van der Waals surface area contributed by atoms with Gasteiger partial charge in [-0.3, -0.25) is 19.5 Å². The number of amides is 4. The van der Waals surface area contributed by atoms with Gasteiger partial charge in [0.25, 0.3) is 5.91 Å². The zero-order valence-electron chi connectivity index (χ0n) is 13.8. The number of imide groups is 1. The maximum Gasteiger partial charge on any atom is 0.325 e. The van der Waals surface area contributed by atoms with Crippen LogP contribution in [0.2, 0.25) is 0 Å². The fraction of sp³-hybridized carbons (Fsp3) is 0.333. The summed E-state index contributed by atoms with van der Waals surface area (Å²) in [4.78, 5) is 42.4. The third-order valence-corrected chi connectivity index (χ3v) is 4.90. The minimum absolute atomic E-state index is 0.166. The van der Waals surface area contributed by atoms with Crippen molar-refractivity contribution < 1.29 is 14.4 Å². The standard InChI is InChI=1S/C18H18N4O3/c1-18(12-7-8-12)16(24)22(17(25)21-18)10-14(23)20-13-6-2-4-11-5-3-9-19-15(11)13/h2-6,9,12H,7-8,10H2,1H3,(H,20,23)(H,21,25)/t18-/m0/s1. The minimum atomic E-state index is -0.877. The largest absolute Gasteiger partial charge is 0.325 e. The summed E-state index contributed by atoms with van der Waals surface area (Å²) in [6.07, 6.45) is 3.49. The van der Waals surface area contributed by atoms with Gasteiger partial charge in [-0.05, 0) is 37.8 Å². The molecule has 2 N–H and O–H groups in total. The molecular formula is C18H18N4O3. The number of aromatic nitrogens is 1. The van der Waals surface area contributed by atoms with Crippen LogP contribution in [0.25, 0.3) is 10.9 Å². The van der Waals surface area contributed by atoms with E-state index in [1.54, 1.807) is 19.2 Å². The van der Waals surface area contributed by atoms with Gasteiger partial charge in [-0.15, -0.1) is 0 Å². The van der Waals surface area contributed by atoms with Crippen molar-refractivity contribution in [1.82, 2.24) is 15.2 Å². The number of carbonyl (C=O) groups excluding carboxylic acids is 3. The number of rotatable bonds is 4. The summed E-state index contributed by atoms with van der Waals surface area (Å²) in [5.74, 6) is -0.591. The molecule has 2 aliphatic rings. The van der Waals surface area contributed by atoms with Crippen LogP contribution >= 0.6 is 0 Å². The average Bonchev–Trinajstić information content (AvgIpc) is 3.42. The zero-order valence-corrected chi connectivity index (χ0v) is 13.8. The lowest BCUT2D eigenvalue weighted by atomic mass is 9.96. The Balaban J connectivity index is 1.50. The van der Waals surface area contributed by atoms with Crippen molar-refractivity contribution in [2.45, 2.75) is 25.3 Å². The molecule has 1 aromatic heterocycles. The molecule has 2 fully saturated rings. The lowest BCUT2D eigenvalue weighted by Gasteiger charge is -2.20. The lowest BCUT2D eigenvalue weighted by molar-refractivity contribution is -0.134. The predicted molar refractivity (Wildman–Crippen MR) is 91.7 cm³/mol. The highest BCUT2D eigenvalue weighted by atomic mass is 16.2. The van der Waals surface area contributed by atoms with Crippen LogP contribution in [0, 0.1) is 5.92 Å².